The van der Waals surface area contributed by atoms with Crippen LogP contribution in [0.25, 0.3) is 0 Å². The number of aromatic nitrogens is 3. The van der Waals surface area contributed by atoms with Crippen LogP contribution in [0.15, 0.2) is 12.1 Å². The standard InChI is InChI=1S/C16H21N5O3S/c1-16(2,3)24-15(22)21-7-6-12-10(8-21)4-5-11(18-12)9-23-14-20-19-13(17)25-14/h4-5H,6-9H2,1-3H3,(H2,17,19). The zero-order valence-corrected chi connectivity index (χ0v) is 15.3. The molecular weight excluding hydrogens is 342 g/mol. The van der Waals surface area contributed by atoms with Crippen LogP contribution < -0.4 is 10.5 Å². The minimum Gasteiger partial charge on any atom is -0.462 e. The molecule has 9 heteroatoms. The Balaban J connectivity index is 1.62. The number of hydrogen-bond donors (Lipinski definition) is 1. The van der Waals surface area contributed by atoms with Gasteiger partial charge in [0, 0.05) is 18.7 Å². The lowest BCUT2D eigenvalue weighted by atomic mass is 10.1. The van der Waals surface area contributed by atoms with Crippen LogP contribution >= 0.6 is 11.3 Å². The smallest absolute Gasteiger partial charge is 0.410 e. The molecule has 0 aromatic carbocycles. The molecule has 1 amide bonds. The lowest BCUT2D eigenvalue weighted by Gasteiger charge is -2.30. The van der Waals surface area contributed by atoms with Crippen molar-refractivity contribution in [3.05, 3.63) is 29.1 Å². The summed E-state index contributed by atoms with van der Waals surface area (Å²) in [4.78, 5) is 18.5. The third kappa shape index (κ3) is 4.56. The molecule has 0 unspecified atom stereocenters. The van der Waals surface area contributed by atoms with Gasteiger partial charge in [-0.25, -0.2) is 4.79 Å². The molecule has 0 aliphatic carbocycles. The molecule has 0 radical (unpaired) electrons. The third-order valence-electron chi connectivity index (χ3n) is 3.52. The van der Waals surface area contributed by atoms with Crippen molar-refractivity contribution in [2.75, 3.05) is 12.3 Å². The van der Waals surface area contributed by atoms with E-state index in [1.165, 1.54) is 11.3 Å². The lowest BCUT2D eigenvalue weighted by Crippen LogP contribution is -2.40. The molecular formula is C16H21N5O3S. The highest BCUT2D eigenvalue weighted by atomic mass is 32.1. The van der Waals surface area contributed by atoms with E-state index in [-0.39, 0.29) is 6.09 Å². The first-order valence-electron chi connectivity index (χ1n) is 7.97. The molecule has 8 nitrogen and oxygen atoms in total. The predicted molar refractivity (Wildman–Crippen MR) is 93.2 cm³/mol. The summed E-state index contributed by atoms with van der Waals surface area (Å²) in [5, 5.41) is 8.31. The molecule has 0 atom stereocenters. The topological polar surface area (TPSA) is 103 Å². The van der Waals surface area contributed by atoms with E-state index in [4.69, 9.17) is 15.2 Å². The Hall–Kier alpha value is -2.42. The molecule has 0 bridgehead atoms. The Kier molecular flexibility index (Phi) is 4.76. The first-order chi connectivity index (χ1) is 11.8. The zero-order chi connectivity index (χ0) is 18.0. The number of carbonyl (C=O) groups excluding carboxylic acids is 1. The van der Waals surface area contributed by atoms with Crippen molar-refractivity contribution >= 4 is 22.6 Å². The van der Waals surface area contributed by atoms with Gasteiger partial charge in [0.15, 0.2) is 0 Å². The average molecular weight is 363 g/mol. The molecule has 2 N–H and O–H groups in total. The van der Waals surface area contributed by atoms with Crippen LogP contribution in [0.1, 0.15) is 37.7 Å². The number of rotatable bonds is 3. The number of nitrogens with zero attached hydrogens (tertiary/aromatic N) is 4. The summed E-state index contributed by atoms with van der Waals surface area (Å²) in [7, 11) is 0. The van der Waals surface area contributed by atoms with Crippen LogP contribution in [-0.2, 0) is 24.3 Å². The van der Waals surface area contributed by atoms with E-state index in [0.717, 1.165) is 17.0 Å². The largest absolute Gasteiger partial charge is 0.462 e. The van der Waals surface area contributed by atoms with Crippen LogP contribution in [0.5, 0.6) is 5.19 Å². The number of anilines is 1. The molecule has 25 heavy (non-hydrogen) atoms. The molecule has 0 saturated carbocycles. The fourth-order valence-electron chi connectivity index (χ4n) is 2.44. The summed E-state index contributed by atoms with van der Waals surface area (Å²) < 4.78 is 11.0. The maximum Gasteiger partial charge on any atom is 0.410 e. The van der Waals surface area contributed by atoms with Crippen molar-refractivity contribution in [2.45, 2.75) is 45.9 Å². The van der Waals surface area contributed by atoms with Crippen molar-refractivity contribution in [1.29, 1.82) is 0 Å². The number of hydrogen-bond acceptors (Lipinski definition) is 8. The van der Waals surface area contributed by atoms with Gasteiger partial charge in [-0.15, -0.1) is 5.10 Å². The van der Waals surface area contributed by atoms with Crippen molar-refractivity contribution in [3.63, 3.8) is 0 Å². The fraction of sp³-hybridized carbons (Fsp3) is 0.500. The molecule has 1 aliphatic heterocycles. The number of amides is 1. The molecule has 2 aromatic rings. The number of ether oxygens (including phenoxy) is 2. The monoisotopic (exact) mass is 363 g/mol. The number of pyridine rings is 1. The Morgan fingerprint density at radius 3 is 2.84 bits per heavy atom. The second-order valence-corrected chi connectivity index (χ2v) is 7.73. The van der Waals surface area contributed by atoms with Gasteiger partial charge in [-0.2, -0.15) is 0 Å². The highest BCUT2D eigenvalue weighted by Gasteiger charge is 2.26. The second-order valence-electron chi connectivity index (χ2n) is 6.76. The van der Waals surface area contributed by atoms with E-state index in [1.807, 2.05) is 32.9 Å². The molecule has 0 spiro atoms. The van der Waals surface area contributed by atoms with Crippen LogP contribution in [0.2, 0.25) is 0 Å². The summed E-state index contributed by atoms with van der Waals surface area (Å²) >= 11 is 1.19. The minimum absolute atomic E-state index is 0.292. The van der Waals surface area contributed by atoms with Crippen LogP contribution in [0, 0.1) is 0 Å². The van der Waals surface area contributed by atoms with Crippen molar-refractivity contribution in [1.82, 2.24) is 20.1 Å². The van der Waals surface area contributed by atoms with E-state index in [1.54, 1.807) is 4.90 Å². The minimum atomic E-state index is -0.495. The van der Waals surface area contributed by atoms with Crippen LogP contribution in [0.3, 0.4) is 0 Å². The molecule has 3 rings (SSSR count). The number of nitrogens with two attached hydrogens (primary N) is 1. The van der Waals surface area contributed by atoms with Gasteiger partial charge in [0.25, 0.3) is 5.19 Å². The quantitative estimate of drug-likeness (QED) is 0.893. The average Bonchev–Trinajstić information content (AvgIpc) is 2.96. The molecule has 2 aromatic heterocycles. The number of nitrogen functional groups attached to an aromatic ring is 1. The van der Waals surface area contributed by atoms with E-state index in [9.17, 15) is 4.79 Å². The van der Waals surface area contributed by atoms with Crippen LogP contribution in [0.4, 0.5) is 9.93 Å². The summed E-state index contributed by atoms with van der Waals surface area (Å²) in [6, 6.07) is 3.87. The van der Waals surface area contributed by atoms with Crippen molar-refractivity contribution in [2.24, 2.45) is 0 Å². The van der Waals surface area contributed by atoms with Gasteiger partial charge < -0.3 is 20.1 Å². The summed E-state index contributed by atoms with van der Waals surface area (Å²) in [6.07, 6.45) is 0.396. The Bertz CT molecular complexity index is 771. The maximum absolute atomic E-state index is 12.2. The molecule has 1 aliphatic rings. The maximum atomic E-state index is 12.2. The van der Waals surface area contributed by atoms with E-state index >= 15 is 0 Å². The number of fused-ring (bicyclic) bond motifs is 1. The van der Waals surface area contributed by atoms with E-state index < -0.39 is 5.60 Å². The van der Waals surface area contributed by atoms with Crippen LogP contribution in [-0.4, -0.2) is 38.3 Å². The Morgan fingerprint density at radius 2 is 2.16 bits per heavy atom. The molecule has 0 saturated heterocycles. The molecule has 134 valence electrons. The second kappa shape index (κ2) is 6.83. The van der Waals surface area contributed by atoms with Gasteiger partial charge in [-0.3, -0.25) is 4.98 Å². The summed E-state index contributed by atoms with van der Waals surface area (Å²) in [6.45, 7) is 6.99. The van der Waals surface area contributed by atoms with Gasteiger partial charge in [0.2, 0.25) is 5.13 Å². The number of carbonyl (C=O) groups is 1. The Morgan fingerprint density at radius 1 is 1.36 bits per heavy atom. The van der Waals surface area contributed by atoms with Gasteiger partial charge in [0.05, 0.1) is 12.2 Å². The van der Waals surface area contributed by atoms with Gasteiger partial charge >= 0.3 is 6.09 Å². The Labute approximate surface area is 150 Å². The molecule has 0 fully saturated rings. The van der Waals surface area contributed by atoms with Gasteiger partial charge in [0.1, 0.15) is 12.2 Å². The van der Waals surface area contributed by atoms with E-state index in [2.05, 4.69) is 15.2 Å². The van der Waals surface area contributed by atoms with Crippen molar-refractivity contribution < 1.29 is 14.3 Å². The normalized spacial score (nSPS) is 14.1. The highest BCUT2D eigenvalue weighted by Crippen LogP contribution is 2.22. The molecule has 3 heterocycles. The van der Waals surface area contributed by atoms with Crippen molar-refractivity contribution in [3.8, 4) is 5.19 Å². The highest BCUT2D eigenvalue weighted by molar-refractivity contribution is 7.16. The van der Waals surface area contributed by atoms with E-state index in [0.29, 0.717) is 36.4 Å². The first kappa shape index (κ1) is 17.4. The first-order valence-corrected chi connectivity index (χ1v) is 8.79. The van der Waals surface area contributed by atoms with Gasteiger partial charge in [-0.1, -0.05) is 11.2 Å². The zero-order valence-electron chi connectivity index (χ0n) is 14.5. The lowest BCUT2D eigenvalue weighted by molar-refractivity contribution is 0.0222. The SMILES string of the molecule is CC(C)(C)OC(=O)N1CCc2nc(COc3nnc(N)s3)ccc2C1. The summed E-state index contributed by atoms with van der Waals surface area (Å²) in [5.41, 5.74) is 7.84. The fourth-order valence-corrected chi connectivity index (χ4v) is 2.90. The summed E-state index contributed by atoms with van der Waals surface area (Å²) in [5.74, 6) is 0. The third-order valence-corrected chi connectivity index (χ3v) is 4.19. The predicted octanol–water partition coefficient (Wildman–Crippen LogP) is 2.39. The van der Waals surface area contributed by atoms with Gasteiger partial charge in [-0.05, 0) is 43.7 Å².